The molecule has 5 nitrogen and oxygen atoms in total. The molecule has 1 aromatic carbocycles. The maximum atomic E-state index is 12.2. The number of piperidine rings is 1. The van der Waals surface area contributed by atoms with Crippen molar-refractivity contribution in [1.82, 2.24) is 4.90 Å². The van der Waals surface area contributed by atoms with Crippen molar-refractivity contribution in [2.45, 2.75) is 63.3 Å². The first-order chi connectivity index (χ1) is 11.7. The average molecular weight is 347 g/mol. The lowest BCUT2D eigenvalue weighted by Crippen LogP contribution is -2.54. The van der Waals surface area contributed by atoms with Gasteiger partial charge < -0.3 is 19.5 Å². The Morgan fingerprint density at radius 1 is 1.16 bits per heavy atom. The van der Waals surface area contributed by atoms with E-state index >= 15 is 0 Å². The third-order valence-corrected chi connectivity index (χ3v) is 5.18. The van der Waals surface area contributed by atoms with Crippen LogP contribution in [0.25, 0.3) is 0 Å². The van der Waals surface area contributed by atoms with E-state index in [1.54, 1.807) is 4.90 Å². The standard InChI is InChI=1S/C20H29NO4/c1-18(2,3)25-17(22)21-12-9-19(10-13-21)15-20(23,11-14-24-19)16-7-5-4-6-8-16/h4-8,23H,9-15H2,1-3H3. The molecule has 2 heterocycles. The zero-order chi connectivity index (χ0) is 18.1. The number of ether oxygens (including phenoxy) is 2. The molecule has 1 N–H and O–H groups in total. The number of hydrogen-bond acceptors (Lipinski definition) is 4. The van der Waals surface area contributed by atoms with E-state index in [1.165, 1.54) is 0 Å². The van der Waals surface area contributed by atoms with Gasteiger partial charge in [0.05, 0.1) is 17.8 Å². The Bertz CT molecular complexity index is 602. The number of nitrogens with zero attached hydrogens (tertiary/aromatic N) is 1. The van der Waals surface area contributed by atoms with Gasteiger partial charge in [-0.15, -0.1) is 0 Å². The van der Waals surface area contributed by atoms with Crippen LogP contribution in [0.1, 0.15) is 52.0 Å². The van der Waals surface area contributed by atoms with E-state index in [2.05, 4.69) is 0 Å². The molecule has 3 rings (SSSR count). The van der Waals surface area contributed by atoms with Crippen LogP contribution in [-0.2, 0) is 15.1 Å². The Kier molecular flexibility index (Phi) is 4.82. The zero-order valence-corrected chi connectivity index (χ0v) is 15.5. The van der Waals surface area contributed by atoms with Gasteiger partial charge in [-0.2, -0.15) is 0 Å². The molecule has 2 saturated heterocycles. The summed E-state index contributed by atoms with van der Waals surface area (Å²) in [4.78, 5) is 14.0. The third kappa shape index (κ3) is 4.15. The van der Waals surface area contributed by atoms with Crippen LogP contribution in [0.2, 0.25) is 0 Å². The molecule has 1 spiro atoms. The molecule has 25 heavy (non-hydrogen) atoms. The Hall–Kier alpha value is -1.59. The first-order valence-electron chi connectivity index (χ1n) is 9.11. The third-order valence-electron chi connectivity index (χ3n) is 5.18. The summed E-state index contributed by atoms with van der Waals surface area (Å²) in [5, 5.41) is 11.2. The summed E-state index contributed by atoms with van der Waals surface area (Å²) in [5.74, 6) is 0. The van der Waals surface area contributed by atoms with Crippen molar-refractivity contribution in [3.63, 3.8) is 0 Å². The molecule has 1 aromatic rings. The highest BCUT2D eigenvalue weighted by atomic mass is 16.6. The summed E-state index contributed by atoms with van der Waals surface area (Å²) < 4.78 is 11.6. The minimum absolute atomic E-state index is 0.267. The van der Waals surface area contributed by atoms with Crippen LogP contribution in [0, 0.1) is 0 Å². The molecule has 1 unspecified atom stereocenters. The van der Waals surface area contributed by atoms with Crippen LogP contribution < -0.4 is 0 Å². The number of carbonyl (C=O) groups is 1. The van der Waals surface area contributed by atoms with Gasteiger partial charge in [-0.05, 0) is 39.2 Å². The Balaban J connectivity index is 1.65. The quantitative estimate of drug-likeness (QED) is 0.845. The van der Waals surface area contributed by atoms with Gasteiger partial charge in [0.2, 0.25) is 0 Å². The minimum atomic E-state index is -0.854. The number of likely N-dealkylation sites (tertiary alicyclic amines) is 1. The number of amides is 1. The molecular weight excluding hydrogens is 318 g/mol. The van der Waals surface area contributed by atoms with Gasteiger partial charge in [-0.1, -0.05) is 30.3 Å². The van der Waals surface area contributed by atoms with Crippen LogP contribution in [-0.4, -0.2) is 47.0 Å². The fourth-order valence-corrected chi connectivity index (χ4v) is 3.85. The largest absolute Gasteiger partial charge is 0.444 e. The lowest BCUT2D eigenvalue weighted by atomic mass is 9.74. The fraction of sp³-hybridized carbons (Fsp3) is 0.650. The predicted octanol–water partition coefficient (Wildman–Crippen LogP) is 3.45. The number of rotatable bonds is 1. The molecule has 2 aliphatic heterocycles. The maximum Gasteiger partial charge on any atom is 0.410 e. The van der Waals surface area contributed by atoms with Crippen molar-refractivity contribution in [3.05, 3.63) is 35.9 Å². The molecule has 0 saturated carbocycles. The monoisotopic (exact) mass is 347 g/mol. The molecule has 1 atom stereocenters. The molecule has 0 radical (unpaired) electrons. The number of carbonyl (C=O) groups excluding carboxylic acids is 1. The van der Waals surface area contributed by atoms with E-state index in [9.17, 15) is 9.90 Å². The van der Waals surface area contributed by atoms with Crippen molar-refractivity contribution >= 4 is 6.09 Å². The smallest absolute Gasteiger partial charge is 0.410 e. The highest BCUT2D eigenvalue weighted by Crippen LogP contribution is 2.44. The summed E-state index contributed by atoms with van der Waals surface area (Å²) in [7, 11) is 0. The van der Waals surface area contributed by atoms with Crippen LogP contribution in [0.5, 0.6) is 0 Å². The molecule has 138 valence electrons. The van der Waals surface area contributed by atoms with Gasteiger partial charge in [0.25, 0.3) is 0 Å². The number of benzene rings is 1. The maximum absolute atomic E-state index is 12.2. The van der Waals surface area contributed by atoms with Crippen LogP contribution in [0.3, 0.4) is 0 Å². The van der Waals surface area contributed by atoms with E-state index in [0.29, 0.717) is 32.5 Å². The number of aliphatic hydroxyl groups is 1. The minimum Gasteiger partial charge on any atom is -0.444 e. The topological polar surface area (TPSA) is 59.0 Å². The fourth-order valence-electron chi connectivity index (χ4n) is 3.85. The summed E-state index contributed by atoms with van der Waals surface area (Å²) in [6.45, 7) is 7.36. The molecule has 0 bridgehead atoms. The zero-order valence-electron chi connectivity index (χ0n) is 15.5. The average Bonchev–Trinajstić information content (AvgIpc) is 2.55. The second kappa shape index (κ2) is 6.61. The molecule has 2 aliphatic rings. The second-order valence-electron chi connectivity index (χ2n) is 8.32. The van der Waals surface area contributed by atoms with E-state index in [1.807, 2.05) is 51.1 Å². The SMILES string of the molecule is CC(C)(C)OC(=O)N1CCC2(CC1)CC(O)(c1ccccc1)CCO2. The highest BCUT2D eigenvalue weighted by molar-refractivity contribution is 5.68. The normalized spacial score (nSPS) is 26.5. The van der Waals surface area contributed by atoms with E-state index in [4.69, 9.17) is 9.47 Å². The predicted molar refractivity (Wildman–Crippen MR) is 95.3 cm³/mol. The van der Waals surface area contributed by atoms with Gasteiger partial charge in [0, 0.05) is 25.9 Å². The Morgan fingerprint density at radius 2 is 1.80 bits per heavy atom. The second-order valence-corrected chi connectivity index (χ2v) is 8.32. The van der Waals surface area contributed by atoms with Gasteiger partial charge in [-0.25, -0.2) is 4.79 Å². The lowest BCUT2D eigenvalue weighted by Gasteiger charge is -2.49. The summed E-state index contributed by atoms with van der Waals surface area (Å²) in [6.07, 6.45) is 2.36. The van der Waals surface area contributed by atoms with Crippen LogP contribution in [0.15, 0.2) is 30.3 Å². The lowest BCUT2D eigenvalue weighted by molar-refractivity contribution is -0.181. The first kappa shape index (κ1) is 18.2. The van der Waals surface area contributed by atoms with Crippen molar-refractivity contribution < 1.29 is 19.4 Å². The van der Waals surface area contributed by atoms with E-state index in [0.717, 1.165) is 18.4 Å². The molecule has 2 fully saturated rings. The Morgan fingerprint density at radius 3 is 2.40 bits per heavy atom. The van der Waals surface area contributed by atoms with E-state index < -0.39 is 11.2 Å². The van der Waals surface area contributed by atoms with Crippen molar-refractivity contribution in [1.29, 1.82) is 0 Å². The molecule has 5 heteroatoms. The van der Waals surface area contributed by atoms with Crippen molar-refractivity contribution in [2.75, 3.05) is 19.7 Å². The van der Waals surface area contributed by atoms with Gasteiger partial charge in [-0.3, -0.25) is 0 Å². The Labute approximate surface area is 149 Å². The highest BCUT2D eigenvalue weighted by Gasteiger charge is 2.47. The van der Waals surface area contributed by atoms with Gasteiger partial charge >= 0.3 is 6.09 Å². The van der Waals surface area contributed by atoms with Crippen molar-refractivity contribution in [2.24, 2.45) is 0 Å². The first-order valence-corrected chi connectivity index (χ1v) is 9.11. The van der Waals surface area contributed by atoms with Gasteiger partial charge in [0.15, 0.2) is 0 Å². The molecule has 1 amide bonds. The van der Waals surface area contributed by atoms with Gasteiger partial charge in [0.1, 0.15) is 5.60 Å². The van der Waals surface area contributed by atoms with Crippen molar-refractivity contribution in [3.8, 4) is 0 Å². The number of hydrogen-bond donors (Lipinski definition) is 1. The molecule has 0 aliphatic carbocycles. The summed E-state index contributed by atoms with van der Waals surface area (Å²) in [5.41, 5.74) is -0.747. The van der Waals surface area contributed by atoms with Crippen LogP contribution >= 0.6 is 0 Å². The summed E-state index contributed by atoms with van der Waals surface area (Å²) >= 11 is 0. The molecule has 0 aromatic heterocycles. The molecular formula is C20H29NO4. The van der Waals surface area contributed by atoms with E-state index in [-0.39, 0.29) is 11.7 Å². The van der Waals surface area contributed by atoms with Crippen LogP contribution in [0.4, 0.5) is 4.79 Å². The summed E-state index contributed by atoms with van der Waals surface area (Å²) in [6, 6.07) is 9.84.